The van der Waals surface area contributed by atoms with Gasteiger partial charge in [-0.3, -0.25) is 0 Å². The van der Waals surface area contributed by atoms with Gasteiger partial charge in [-0.05, 0) is 67.4 Å². The zero-order chi connectivity index (χ0) is 14.8. The molecule has 2 saturated carbocycles. The molecular weight excluding hydrogens is 260 g/mol. The molecule has 3 unspecified atom stereocenters. The molecule has 0 saturated heterocycles. The predicted molar refractivity (Wildman–Crippen MR) is 83.2 cm³/mol. The summed E-state index contributed by atoms with van der Waals surface area (Å²) < 4.78 is 0. The molecule has 2 N–H and O–H groups in total. The molecule has 2 nitrogen and oxygen atoms in total. The van der Waals surface area contributed by atoms with E-state index in [0.717, 1.165) is 25.7 Å². The zero-order valence-corrected chi connectivity index (χ0v) is 13.0. The van der Waals surface area contributed by atoms with Crippen molar-refractivity contribution in [2.45, 2.75) is 64.1 Å². The molecule has 3 aliphatic rings. The molecule has 4 rings (SSSR count). The summed E-state index contributed by atoms with van der Waals surface area (Å²) in [7, 11) is 0. The smallest absolute Gasteiger partial charge is 0.0617 e. The molecule has 0 heterocycles. The minimum atomic E-state index is -0.300. The van der Waals surface area contributed by atoms with Gasteiger partial charge in [-0.25, -0.2) is 0 Å². The van der Waals surface area contributed by atoms with Gasteiger partial charge in [0.2, 0.25) is 0 Å². The Morgan fingerprint density at radius 2 is 1.95 bits per heavy atom. The third-order valence-electron chi connectivity index (χ3n) is 6.81. The summed E-state index contributed by atoms with van der Waals surface area (Å²) in [5.74, 6) is 1.42. The average Bonchev–Trinajstić information content (AvgIpc) is 2.74. The van der Waals surface area contributed by atoms with Crippen molar-refractivity contribution in [3.05, 3.63) is 34.9 Å². The van der Waals surface area contributed by atoms with Gasteiger partial charge in [-0.2, -0.15) is 0 Å². The first kappa shape index (κ1) is 13.8. The van der Waals surface area contributed by atoms with Crippen molar-refractivity contribution in [1.82, 2.24) is 0 Å². The molecular formula is C19H26O2. The Bertz CT molecular complexity index is 567. The van der Waals surface area contributed by atoms with Gasteiger partial charge in [0.1, 0.15) is 0 Å². The first-order valence-electron chi connectivity index (χ1n) is 8.46. The van der Waals surface area contributed by atoms with Crippen molar-refractivity contribution < 1.29 is 10.2 Å². The van der Waals surface area contributed by atoms with Gasteiger partial charge in [0.15, 0.2) is 0 Å². The highest BCUT2D eigenvalue weighted by molar-refractivity contribution is 5.38. The molecule has 0 spiro atoms. The number of benzene rings is 1. The van der Waals surface area contributed by atoms with Crippen LogP contribution in [0.3, 0.4) is 0 Å². The Kier molecular flexibility index (Phi) is 3.00. The lowest BCUT2D eigenvalue weighted by Gasteiger charge is -2.52. The highest BCUT2D eigenvalue weighted by Crippen LogP contribution is 2.60. The van der Waals surface area contributed by atoms with Crippen LogP contribution in [0, 0.1) is 24.2 Å². The maximum Gasteiger partial charge on any atom is 0.0617 e. The third-order valence-corrected chi connectivity index (χ3v) is 6.81. The second kappa shape index (κ2) is 4.57. The second-order valence-corrected chi connectivity index (χ2v) is 7.91. The van der Waals surface area contributed by atoms with E-state index in [1.165, 1.54) is 23.1 Å². The van der Waals surface area contributed by atoms with Crippen molar-refractivity contribution in [1.29, 1.82) is 0 Å². The van der Waals surface area contributed by atoms with E-state index in [2.05, 4.69) is 32.0 Å². The van der Waals surface area contributed by atoms with Crippen LogP contribution in [0.5, 0.6) is 0 Å². The van der Waals surface area contributed by atoms with Gasteiger partial charge in [0.05, 0.1) is 12.2 Å². The fraction of sp³-hybridized carbons (Fsp3) is 0.684. The topological polar surface area (TPSA) is 40.5 Å². The minimum Gasteiger partial charge on any atom is -0.393 e. The summed E-state index contributed by atoms with van der Waals surface area (Å²) in [6.45, 7) is 4.35. The molecule has 3 aliphatic carbocycles. The number of hydrogen-bond acceptors (Lipinski definition) is 2. The molecule has 1 aromatic rings. The van der Waals surface area contributed by atoms with Crippen LogP contribution >= 0.6 is 0 Å². The van der Waals surface area contributed by atoms with E-state index in [1.807, 2.05) is 0 Å². The van der Waals surface area contributed by atoms with E-state index in [0.29, 0.717) is 11.8 Å². The first-order chi connectivity index (χ1) is 10.0. The number of aliphatic hydroxyl groups is 2. The molecule has 0 aromatic heterocycles. The van der Waals surface area contributed by atoms with Crippen LogP contribution < -0.4 is 0 Å². The Labute approximate surface area is 127 Å². The van der Waals surface area contributed by atoms with Gasteiger partial charge >= 0.3 is 0 Å². The van der Waals surface area contributed by atoms with Crippen LogP contribution in [-0.4, -0.2) is 22.4 Å². The fourth-order valence-electron chi connectivity index (χ4n) is 5.76. The Morgan fingerprint density at radius 3 is 2.76 bits per heavy atom. The lowest BCUT2D eigenvalue weighted by molar-refractivity contribution is -0.0798. The molecule has 0 aliphatic heterocycles. The van der Waals surface area contributed by atoms with Crippen molar-refractivity contribution >= 4 is 0 Å². The lowest BCUT2D eigenvalue weighted by Crippen LogP contribution is -2.50. The van der Waals surface area contributed by atoms with E-state index in [1.54, 1.807) is 0 Å². The normalized spacial score (nSPS) is 44.9. The molecule has 0 radical (unpaired) electrons. The second-order valence-electron chi connectivity index (χ2n) is 7.91. The van der Waals surface area contributed by atoms with E-state index < -0.39 is 0 Å². The standard InChI is InChI=1S/C19H26O2/c1-11-3-5-13-12(9-11)4-6-14-15-7-8-17(21)19(15,2)10-16(20)18(13)14/h3,5,9,14-18,20-21H,4,6-8,10H2,1-2H3/t14?,15?,16-,17-,18?,19-/m0/s1. The fourth-order valence-corrected chi connectivity index (χ4v) is 5.76. The monoisotopic (exact) mass is 286 g/mol. The molecule has 1 aromatic carbocycles. The van der Waals surface area contributed by atoms with E-state index in [9.17, 15) is 10.2 Å². The first-order valence-corrected chi connectivity index (χ1v) is 8.46. The number of rotatable bonds is 0. The molecule has 0 bridgehead atoms. The minimum absolute atomic E-state index is 0.0667. The number of fused-ring (bicyclic) bond motifs is 5. The predicted octanol–water partition coefficient (Wildman–Crippen LogP) is 3.18. The van der Waals surface area contributed by atoms with Crippen LogP contribution in [0.2, 0.25) is 0 Å². The van der Waals surface area contributed by atoms with Crippen LogP contribution in [0.1, 0.15) is 55.2 Å². The summed E-state index contributed by atoms with van der Waals surface area (Å²) in [6, 6.07) is 6.74. The van der Waals surface area contributed by atoms with Crippen molar-refractivity contribution in [3.8, 4) is 0 Å². The Hall–Kier alpha value is -0.860. The number of aryl methyl sites for hydroxylation is 2. The summed E-state index contributed by atoms with van der Waals surface area (Å²) in [5, 5.41) is 21.3. The molecule has 0 amide bonds. The van der Waals surface area contributed by atoms with E-state index in [-0.39, 0.29) is 23.5 Å². The summed E-state index contributed by atoms with van der Waals surface area (Å²) >= 11 is 0. The van der Waals surface area contributed by atoms with Crippen molar-refractivity contribution in [2.24, 2.45) is 17.3 Å². The summed E-state index contributed by atoms with van der Waals surface area (Å²) in [4.78, 5) is 0. The molecule has 21 heavy (non-hydrogen) atoms. The maximum atomic E-state index is 10.8. The molecule has 114 valence electrons. The van der Waals surface area contributed by atoms with Gasteiger partial charge in [-0.1, -0.05) is 30.7 Å². The van der Waals surface area contributed by atoms with Crippen LogP contribution in [-0.2, 0) is 6.42 Å². The SMILES string of the molecule is Cc1ccc2c(c1)CCC1C2[C@@H](O)C[C@@]2(C)C1CC[C@@H]2O. The van der Waals surface area contributed by atoms with Crippen LogP contribution in [0.15, 0.2) is 18.2 Å². The molecule has 2 fully saturated rings. The highest BCUT2D eigenvalue weighted by Gasteiger charge is 2.57. The lowest BCUT2D eigenvalue weighted by atomic mass is 9.54. The quantitative estimate of drug-likeness (QED) is 0.769. The third kappa shape index (κ3) is 1.85. The van der Waals surface area contributed by atoms with Crippen molar-refractivity contribution in [2.75, 3.05) is 0 Å². The van der Waals surface area contributed by atoms with Crippen LogP contribution in [0.25, 0.3) is 0 Å². The van der Waals surface area contributed by atoms with Gasteiger partial charge < -0.3 is 10.2 Å². The Balaban J connectivity index is 1.76. The number of hydrogen-bond donors (Lipinski definition) is 2. The van der Waals surface area contributed by atoms with Gasteiger partial charge in [0.25, 0.3) is 0 Å². The molecule has 6 atom stereocenters. The average molecular weight is 286 g/mol. The number of aliphatic hydroxyl groups excluding tert-OH is 2. The van der Waals surface area contributed by atoms with E-state index in [4.69, 9.17) is 0 Å². The van der Waals surface area contributed by atoms with Gasteiger partial charge in [-0.15, -0.1) is 0 Å². The van der Waals surface area contributed by atoms with Crippen molar-refractivity contribution in [3.63, 3.8) is 0 Å². The van der Waals surface area contributed by atoms with Gasteiger partial charge in [0, 0.05) is 5.92 Å². The largest absolute Gasteiger partial charge is 0.393 e. The van der Waals surface area contributed by atoms with Crippen LogP contribution in [0.4, 0.5) is 0 Å². The van der Waals surface area contributed by atoms with E-state index >= 15 is 0 Å². The zero-order valence-electron chi connectivity index (χ0n) is 13.0. The summed E-state index contributed by atoms with van der Waals surface area (Å²) in [6.07, 6.45) is 4.58. The Morgan fingerprint density at radius 1 is 1.14 bits per heavy atom. The highest BCUT2D eigenvalue weighted by atomic mass is 16.3. The molecule has 2 heteroatoms. The maximum absolute atomic E-state index is 10.8. The summed E-state index contributed by atoms with van der Waals surface area (Å²) in [5.41, 5.74) is 4.08.